The molecule has 92 valence electrons. The summed E-state index contributed by atoms with van der Waals surface area (Å²) in [6.45, 7) is 2.19. The smallest absolute Gasteiger partial charge is 0.163 e. The fraction of sp³-hybridized carbons (Fsp3) is 0.286. The Balaban J connectivity index is 1.95. The number of halogens is 1. The highest BCUT2D eigenvalue weighted by Gasteiger charge is 2.37. The first kappa shape index (κ1) is 11.5. The number of benzene rings is 1. The summed E-state index contributed by atoms with van der Waals surface area (Å²) in [7, 11) is 0. The number of hydrogen-bond acceptors (Lipinski definition) is 3. The van der Waals surface area contributed by atoms with Crippen LogP contribution in [0.15, 0.2) is 36.4 Å². The zero-order valence-corrected chi connectivity index (χ0v) is 10.9. The molecule has 0 aliphatic heterocycles. The molecule has 0 saturated heterocycles. The average Bonchev–Trinajstić information content (AvgIpc) is 3.07. The third-order valence-electron chi connectivity index (χ3n) is 3.16. The van der Waals surface area contributed by atoms with E-state index in [1.54, 1.807) is 6.07 Å². The van der Waals surface area contributed by atoms with E-state index < -0.39 is 0 Å². The van der Waals surface area contributed by atoms with Gasteiger partial charge in [-0.25, -0.2) is 9.97 Å². The van der Waals surface area contributed by atoms with Crippen LogP contribution in [0.4, 0.5) is 5.82 Å². The largest absolute Gasteiger partial charge is 0.365 e. The maximum absolute atomic E-state index is 6.06. The van der Waals surface area contributed by atoms with Crippen LogP contribution in [-0.4, -0.2) is 15.5 Å². The maximum atomic E-state index is 6.06. The monoisotopic (exact) mass is 259 g/mol. The predicted molar refractivity (Wildman–Crippen MR) is 73.7 cm³/mol. The van der Waals surface area contributed by atoms with Crippen LogP contribution in [0.3, 0.4) is 0 Å². The van der Waals surface area contributed by atoms with Crippen LogP contribution in [0.1, 0.15) is 19.8 Å². The van der Waals surface area contributed by atoms with Crippen molar-refractivity contribution in [1.82, 2.24) is 9.97 Å². The summed E-state index contributed by atoms with van der Waals surface area (Å²) in [6, 6.07) is 11.6. The molecule has 18 heavy (non-hydrogen) atoms. The van der Waals surface area contributed by atoms with Crippen LogP contribution in [0.25, 0.3) is 11.4 Å². The Labute approximate surface area is 111 Å². The molecule has 1 aliphatic rings. The molecule has 4 heteroatoms. The molecular formula is C14H14ClN3. The van der Waals surface area contributed by atoms with Crippen molar-refractivity contribution in [1.29, 1.82) is 0 Å². The van der Waals surface area contributed by atoms with Crippen molar-refractivity contribution in [3.63, 3.8) is 0 Å². The molecule has 3 rings (SSSR count). The second kappa shape index (κ2) is 4.25. The first-order valence-electron chi connectivity index (χ1n) is 6.03. The van der Waals surface area contributed by atoms with Gasteiger partial charge in [0.05, 0.1) is 0 Å². The van der Waals surface area contributed by atoms with Gasteiger partial charge in [-0.15, -0.1) is 0 Å². The van der Waals surface area contributed by atoms with E-state index in [-0.39, 0.29) is 5.54 Å². The topological polar surface area (TPSA) is 37.8 Å². The zero-order valence-electron chi connectivity index (χ0n) is 10.2. The number of rotatable bonds is 3. The highest BCUT2D eigenvalue weighted by Crippen LogP contribution is 2.38. The van der Waals surface area contributed by atoms with Crippen molar-refractivity contribution < 1.29 is 0 Å². The van der Waals surface area contributed by atoms with Gasteiger partial charge in [-0.3, -0.25) is 0 Å². The first-order valence-corrected chi connectivity index (χ1v) is 6.41. The Morgan fingerprint density at radius 3 is 2.56 bits per heavy atom. The molecular weight excluding hydrogens is 246 g/mol. The van der Waals surface area contributed by atoms with E-state index in [2.05, 4.69) is 22.2 Å². The standard InChI is InChI=1S/C14H14ClN3/c1-14(7-8-14)18-12-9-11(15)16-13(17-12)10-5-3-2-4-6-10/h2-6,9H,7-8H2,1H3,(H,16,17,18). The number of anilines is 1. The Bertz CT molecular complexity index is 565. The summed E-state index contributed by atoms with van der Waals surface area (Å²) in [5.41, 5.74) is 1.16. The molecule has 1 fully saturated rings. The number of hydrogen-bond donors (Lipinski definition) is 1. The molecule has 0 radical (unpaired) electrons. The molecule has 0 bridgehead atoms. The fourth-order valence-electron chi connectivity index (χ4n) is 1.82. The first-order chi connectivity index (χ1) is 8.65. The lowest BCUT2D eigenvalue weighted by Crippen LogP contribution is -2.17. The SMILES string of the molecule is CC1(Nc2cc(Cl)nc(-c3ccccc3)n2)CC1. The molecule has 0 amide bonds. The van der Waals surface area contributed by atoms with Crippen LogP contribution in [0.5, 0.6) is 0 Å². The molecule has 1 saturated carbocycles. The Kier molecular flexibility index (Phi) is 2.71. The molecule has 1 heterocycles. The maximum Gasteiger partial charge on any atom is 0.163 e. The van der Waals surface area contributed by atoms with Gasteiger partial charge < -0.3 is 5.32 Å². The molecule has 0 spiro atoms. The molecule has 3 nitrogen and oxygen atoms in total. The predicted octanol–water partition coefficient (Wildman–Crippen LogP) is 3.76. The number of nitrogens with one attached hydrogen (secondary N) is 1. The minimum Gasteiger partial charge on any atom is -0.365 e. The molecule has 1 aromatic carbocycles. The van der Waals surface area contributed by atoms with Crippen molar-refractivity contribution in [2.24, 2.45) is 0 Å². The molecule has 2 aromatic rings. The minimum atomic E-state index is 0.186. The van der Waals surface area contributed by atoms with Gasteiger partial charge in [0.1, 0.15) is 11.0 Å². The summed E-state index contributed by atoms with van der Waals surface area (Å²) in [4.78, 5) is 8.79. The van der Waals surface area contributed by atoms with Crippen LogP contribution < -0.4 is 5.32 Å². The lowest BCUT2D eigenvalue weighted by atomic mass is 10.2. The van der Waals surface area contributed by atoms with Gasteiger partial charge in [0.2, 0.25) is 0 Å². The Morgan fingerprint density at radius 2 is 1.89 bits per heavy atom. The minimum absolute atomic E-state index is 0.186. The third kappa shape index (κ3) is 2.46. The van der Waals surface area contributed by atoms with Gasteiger partial charge >= 0.3 is 0 Å². The number of aromatic nitrogens is 2. The second-order valence-corrected chi connectivity index (χ2v) is 5.34. The van der Waals surface area contributed by atoms with E-state index in [1.807, 2.05) is 30.3 Å². The van der Waals surface area contributed by atoms with E-state index in [1.165, 1.54) is 12.8 Å². The highest BCUT2D eigenvalue weighted by atomic mass is 35.5. The van der Waals surface area contributed by atoms with Crippen molar-refractivity contribution in [3.05, 3.63) is 41.6 Å². The summed E-state index contributed by atoms with van der Waals surface area (Å²) < 4.78 is 0. The van der Waals surface area contributed by atoms with Crippen LogP contribution >= 0.6 is 11.6 Å². The lowest BCUT2D eigenvalue weighted by molar-refractivity contribution is 0.820. The van der Waals surface area contributed by atoms with Crippen molar-refractivity contribution >= 4 is 17.4 Å². The number of nitrogens with zero attached hydrogens (tertiary/aromatic N) is 2. The van der Waals surface area contributed by atoms with Gasteiger partial charge in [0, 0.05) is 17.2 Å². The quantitative estimate of drug-likeness (QED) is 0.853. The molecule has 1 aromatic heterocycles. The second-order valence-electron chi connectivity index (χ2n) is 4.95. The van der Waals surface area contributed by atoms with E-state index >= 15 is 0 Å². The van der Waals surface area contributed by atoms with Crippen LogP contribution in [0.2, 0.25) is 5.15 Å². The Morgan fingerprint density at radius 1 is 1.17 bits per heavy atom. The van der Waals surface area contributed by atoms with Crippen LogP contribution in [-0.2, 0) is 0 Å². The van der Waals surface area contributed by atoms with Crippen molar-refractivity contribution in [2.75, 3.05) is 5.32 Å². The Hall–Kier alpha value is -1.61. The fourth-order valence-corrected chi connectivity index (χ4v) is 2.00. The summed E-state index contributed by atoms with van der Waals surface area (Å²) in [5.74, 6) is 1.46. The molecule has 0 unspecified atom stereocenters. The average molecular weight is 260 g/mol. The van der Waals surface area contributed by atoms with E-state index in [9.17, 15) is 0 Å². The van der Waals surface area contributed by atoms with Crippen LogP contribution in [0, 0.1) is 0 Å². The van der Waals surface area contributed by atoms with Gasteiger partial charge in [-0.2, -0.15) is 0 Å². The van der Waals surface area contributed by atoms with Gasteiger partial charge in [0.25, 0.3) is 0 Å². The van der Waals surface area contributed by atoms with E-state index in [0.29, 0.717) is 11.0 Å². The van der Waals surface area contributed by atoms with Crippen molar-refractivity contribution in [3.8, 4) is 11.4 Å². The summed E-state index contributed by atoms with van der Waals surface area (Å²) >= 11 is 6.06. The van der Waals surface area contributed by atoms with E-state index in [0.717, 1.165) is 11.4 Å². The summed E-state index contributed by atoms with van der Waals surface area (Å²) in [6.07, 6.45) is 2.35. The molecule has 1 aliphatic carbocycles. The van der Waals surface area contributed by atoms with E-state index in [4.69, 9.17) is 11.6 Å². The molecule has 0 atom stereocenters. The normalized spacial score (nSPS) is 16.3. The summed E-state index contributed by atoms with van der Waals surface area (Å²) in [5, 5.41) is 3.88. The van der Waals surface area contributed by atoms with Crippen molar-refractivity contribution in [2.45, 2.75) is 25.3 Å². The highest BCUT2D eigenvalue weighted by molar-refractivity contribution is 6.29. The lowest BCUT2D eigenvalue weighted by Gasteiger charge is -2.13. The molecule has 1 N–H and O–H groups in total. The zero-order chi connectivity index (χ0) is 12.6. The third-order valence-corrected chi connectivity index (χ3v) is 3.35. The van der Waals surface area contributed by atoms with Gasteiger partial charge in [0.15, 0.2) is 5.82 Å². The van der Waals surface area contributed by atoms with Gasteiger partial charge in [-0.1, -0.05) is 41.9 Å². The van der Waals surface area contributed by atoms with Gasteiger partial charge in [-0.05, 0) is 19.8 Å².